The summed E-state index contributed by atoms with van der Waals surface area (Å²) in [5.41, 5.74) is 1.83. The van der Waals surface area contributed by atoms with Crippen molar-refractivity contribution in [1.82, 2.24) is 19.2 Å². The molecule has 2 saturated heterocycles. The number of aromatic nitrogens is 2. The van der Waals surface area contributed by atoms with Crippen molar-refractivity contribution in [3.05, 3.63) is 59.1 Å². The third-order valence-electron chi connectivity index (χ3n) is 6.59. The molecule has 5 rings (SSSR count). The van der Waals surface area contributed by atoms with E-state index >= 15 is 0 Å². The Morgan fingerprint density at radius 1 is 1.09 bits per heavy atom. The van der Waals surface area contributed by atoms with Crippen molar-refractivity contribution in [2.24, 2.45) is 5.92 Å². The number of likely N-dealkylation sites (tertiary alicyclic amines) is 1. The second kappa shape index (κ2) is 8.70. The van der Waals surface area contributed by atoms with Crippen LogP contribution in [0.5, 0.6) is 0 Å². The van der Waals surface area contributed by atoms with E-state index in [1.165, 1.54) is 10.4 Å². The van der Waals surface area contributed by atoms with Crippen LogP contribution in [0.1, 0.15) is 37.5 Å². The summed E-state index contributed by atoms with van der Waals surface area (Å²) in [5.74, 6) is -0.0436. The Bertz CT molecular complexity index is 1270. The number of aromatic amines is 1. The number of carbonyl (C=O) groups excluding carboxylic acids is 1. The zero-order valence-electron chi connectivity index (χ0n) is 17.9. The largest absolute Gasteiger partial charge is 0.340 e. The standard InChI is InChI=1S/C23H24ClFN4O3S/c24-17-14-16(7-8-18(17)25)33(31,32)28-12-9-15(10-13-28)23(30)29-11-3-6-21(29)22-26-19-4-1-2-5-20(19)27-22/h1-2,4-5,7-8,14-15,21H,3,6,9-13H2,(H,26,27)/t21-/m1/s1. The highest BCUT2D eigenvalue weighted by Gasteiger charge is 2.38. The zero-order chi connectivity index (χ0) is 23.2. The van der Waals surface area contributed by atoms with Crippen molar-refractivity contribution in [2.45, 2.75) is 36.6 Å². The van der Waals surface area contributed by atoms with Crippen LogP contribution in [-0.2, 0) is 14.8 Å². The fraction of sp³-hybridized carbons (Fsp3) is 0.391. The summed E-state index contributed by atoms with van der Waals surface area (Å²) in [7, 11) is -3.80. The van der Waals surface area contributed by atoms with Crippen molar-refractivity contribution in [2.75, 3.05) is 19.6 Å². The summed E-state index contributed by atoms with van der Waals surface area (Å²) in [4.78, 5) is 23.3. The number of hydrogen-bond donors (Lipinski definition) is 1. The Hall–Kier alpha value is -2.49. The first-order valence-electron chi connectivity index (χ1n) is 11.0. The smallest absolute Gasteiger partial charge is 0.243 e. The molecule has 0 bridgehead atoms. The van der Waals surface area contributed by atoms with Crippen molar-refractivity contribution < 1.29 is 17.6 Å². The number of nitrogens with one attached hydrogen (secondary N) is 1. The van der Waals surface area contributed by atoms with E-state index in [4.69, 9.17) is 11.6 Å². The molecule has 1 amide bonds. The van der Waals surface area contributed by atoms with E-state index in [0.717, 1.165) is 41.8 Å². The number of amides is 1. The van der Waals surface area contributed by atoms with Gasteiger partial charge in [-0.3, -0.25) is 4.79 Å². The highest BCUT2D eigenvalue weighted by molar-refractivity contribution is 7.89. The molecule has 0 aliphatic carbocycles. The summed E-state index contributed by atoms with van der Waals surface area (Å²) in [6, 6.07) is 11.1. The van der Waals surface area contributed by atoms with Gasteiger partial charge in [0.2, 0.25) is 15.9 Å². The Balaban J connectivity index is 1.27. The lowest BCUT2D eigenvalue weighted by Crippen LogP contribution is -2.44. The summed E-state index contributed by atoms with van der Waals surface area (Å²) in [6.07, 6.45) is 2.64. The van der Waals surface area contributed by atoms with Crippen LogP contribution >= 0.6 is 11.6 Å². The minimum atomic E-state index is -3.80. The molecule has 2 aliphatic rings. The van der Waals surface area contributed by atoms with E-state index in [1.54, 1.807) is 0 Å². The molecule has 0 spiro atoms. The van der Waals surface area contributed by atoms with Crippen LogP contribution in [0.15, 0.2) is 47.4 Å². The van der Waals surface area contributed by atoms with Crippen LogP contribution < -0.4 is 0 Å². The molecule has 1 aromatic heterocycles. The number of carbonyl (C=O) groups is 1. The summed E-state index contributed by atoms with van der Waals surface area (Å²) in [5, 5.41) is -0.230. The molecule has 1 atom stereocenters. The lowest BCUT2D eigenvalue weighted by molar-refractivity contribution is -0.137. The number of benzene rings is 2. The first-order valence-corrected chi connectivity index (χ1v) is 12.9. The Morgan fingerprint density at radius 2 is 1.85 bits per heavy atom. The van der Waals surface area contributed by atoms with Gasteiger partial charge in [0.05, 0.1) is 27.0 Å². The van der Waals surface area contributed by atoms with Gasteiger partial charge in [-0.25, -0.2) is 17.8 Å². The average Bonchev–Trinajstić information content (AvgIpc) is 3.47. The van der Waals surface area contributed by atoms with Crippen molar-refractivity contribution in [3.8, 4) is 0 Å². The fourth-order valence-electron chi connectivity index (χ4n) is 4.81. The molecule has 0 unspecified atom stereocenters. The van der Waals surface area contributed by atoms with Gasteiger partial charge in [0.1, 0.15) is 11.6 Å². The van der Waals surface area contributed by atoms with Crippen molar-refractivity contribution >= 4 is 38.6 Å². The van der Waals surface area contributed by atoms with E-state index < -0.39 is 15.8 Å². The first kappa shape index (κ1) is 22.3. The van der Waals surface area contributed by atoms with Crippen LogP contribution in [0.4, 0.5) is 4.39 Å². The minimum absolute atomic E-state index is 0.0387. The Kier molecular flexibility index (Phi) is 5.88. The van der Waals surface area contributed by atoms with E-state index in [9.17, 15) is 17.6 Å². The normalized spacial score (nSPS) is 20.5. The van der Waals surface area contributed by atoms with Crippen LogP contribution in [0.2, 0.25) is 5.02 Å². The highest BCUT2D eigenvalue weighted by Crippen LogP contribution is 2.35. The molecule has 7 nitrogen and oxygen atoms in total. The number of halogens is 2. The molecule has 1 N–H and O–H groups in total. The molecular formula is C23H24ClFN4O3S. The Morgan fingerprint density at radius 3 is 2.58 bits per heavy atom. The number of para-hydroxylation sites is 2. The van der Waals surface area contributed by atoms with Gasteiger partial charge >= 0.3 is 0 Å². The predicted molar refractivity (Wildman–Crippen MR) is 123 cm³/mol. The van der Waals surface area contributed by atoms with Gasteiger partial charge in [0.15, 0.2) is 0 Å². The lowest BCUT2D eigenvalue weighted by atomic mass is 9.96. The third-order valence-corrected chi connectivity index (χ3v) is 8.78. The molecule has 174 valence electrons. The molecule has 3 heterocycles. The van der Waals surface area contributed by atoms with Gasteiger partial charge in [-0.15, -0.1) is 0 Å². The number of imidazole rings is 1. The number of rotatable bonds is 4. The van der Waals surface area contributed by atoms with Crippen LogP contribution in [-0.4, -0.2) is 53.1 Å². The molecule has 0 saturated carbocycles. The summed E-state index contributed by atoms with van der Waals surface area (Å²) < 4.78 is 40.7. The number of piperidine rings is 1. The maximum absolute atomic E-state index is 13.4. The van der Waals surface area contributed by atoms with Crippen LogP contribution in [0.25, 0.3) is 11.0 Å². The van der Waals surface area contributed by atoms with E-state index in [2.05, 4.69) is 9.97 Å². The SMILES string of the molecule is O=C(C1CCN(S(=O)(=O)c2ccc(F)c(Cl)c2)CC1)N1CCC[C@@H]1c1nc2ccccc2[nH]1. The fourth-order valence-corrected chi connectivity index (χ4v) is 6.55. The Labute approximate surface area is 196 Å². The highest BCUT2D eigenvalue weighted by atomic mass is 35.5. The summed E-state index contributed by atoms with van der Waals surface area (Å²) in [6.45, 7) is 1.14. The molecule has 2 fully saturated rings. The van der Waals surface area contributed by atoms with Gasteiger partial charge in [0.25, 0.3) is 0 Å². The van der Waals surface area contributed by atoms with Crippen LogP contribution in [0, 0.1) is 11.7 Å². The van der Waals surface area contributed by atoms with E-state index in [-0.39, 0.29) is 40.9 Å². The van der Waals surface area contributed by atoms with Gasteiger partial charge in [-0.2, -0.15) is 4.31 Å². The number of H-pyrrole nitrogens is 1. The molecule has 2 aromatic carbocycles. The number of sulfonamides is 1. The maximum Gasteiger partial charge on any atom is 0.243 e. The molecule has 2 aliphatic heterocycles. The van der Waals surface area contributed by atoms with Gasteiger partial charge in [-0.05, 0) is 56.0 Å². The van der Waals surface area contributed by atoms with Gasteiger partial charge in [0, 0.05) is 25.6 Å². The first-order chi connectivity index (χ1) is 15.8. The number of nitrogens with zero attached hydrogens (tertiary/aromatic N) is 3. The van der Waals surface area contributed by atoms with Crippen molar-refractivity contribution in [1.29, 1.82) is 0 Å². The third kappa shape index (κ3) is 4.13. The zero-order valence-corrected chi connectivity index (χ0v) is 19.4. The topological polar surface area (TPSA) is 86.4 Å². The van der Waals surface area contributed by atoms with Crippen LogP contribution in [0.3, 0.4) is 0 Å². The van der Waals surface area contributed by atoms with E-state index in [1.807, 2.05) is 29.2 Å². The number of hydrogen-bond acceptors (Lipinski definition) is 4. The second-order valence-corrected chi connectivity index (χ2v) is 10.9. The molecule has 10 heteroatoms. The van der Waals surface area contributed by atoms with E-state index in [0.29, 0.717) is 19.4 Å². The average molecular weight is 491 g/mol. The lowest BCUT2D eigenvalue weighted by Gasteiger charge is -2.34. The molecule has 0 radical (unpaired) electrons. The maximum atomic E-state index is 13.4. The van der Waals surface area contributed by atoms with Gasteiger partial charge in [-0.1, -0.05) is 23.7 Å². The molecule has 33 heavy (non-hydrogen) atoms. The number of fused-ring (bicyclic) bond motifs is 1. The minimum Gasteiger partial charge on any atom is -0.340 e. The quantitative estimate of drug-likeness (QED) is 0.596. The van der Waals surface area contributed by atoms with Crippen molar-refractivity contribution in [3.63, 3.8) is 0 Å². The molecular weight excluding hydrogens is 467 g/mol. The second-order valence-electron chi connectivity index (χ2n) is 8.58. The molecule has 3 aromatic rings. The van der Waals surface area contributed by atoms with Gasteiger partial charge < -0.3 is 9.88 Å². The summed E-state index contributed by atoms with van der Waals surface area (Å²) >= 11 is 5.77. The predicted octanol–water partition coefficient (Wildman–Crippen LogP) is 4.12. The monoisotopic (exact) mass is 490 g/mol.